The number of amides is 1. The van der Waals surface area contributed by atoms with Gasteiger partial charge >= 0.3 is 0 Å². The summed E-state index contributed by atoms with van der Waals surface area (Å²) in [7, 11) is 0. The summed E-state index contributed by atoms with van der Waals surface area (Å²) in [6, 6.07) is 2.01. The number of carbonyl (C=O) groups excluding carboxylic acids is 1. The molecule has 20 heavy (non-hydrogen) atoms. The van der Waals surface area contributed by atoms with Crippen LogP contribution in [0.4, 0.5) is 0 Å². The molecule has 2 aromatic rings. The molecule has 3 rings (SSSR count). The van der Waals surface area contributed by atoms with Crippen LogP contribution in [0, 0.1) is 6.92 Å². The molecule has 2 aromatic heterocycles. The molecular formula is C13H17ClN4O2. The number of hydrogen-bond donors (Lipinski definition) is 1. The summed E-state index contributed by atoms with van der Waals surface area (Å²) in [5.41, 5.74) is 1.82. The lowest BCUT2D eigenvalue weighted by Gasteiger charge is -2.33. The van der Waals surface area contributed by atoms with Crippen molar-refractivity contribution in [3.63, 3.8) is 0 Å². The maximum absolute atomic E-state index is 12.5. The van der Waals surface area contributed by atoms with Crippen molar-refractivity contribution in [2.24, 2.45) is 0 Å². The first-order chi connectivity index (χ1) is 9.16. The number of aryl methyl sites for hydroxylation is 1. The minimum absolute atomic E-state index is 0. The highest BCUT2D eigenvalue weighted by molar-refractivity contribution is 5.97. The van der Waals surface area contributed by atoms with Crippen molar-refractivity contribution < 1.29 is 9.32 Å². The fourth-order valence-electron chi connectivity index (χ4n) is 2.37. The van der Waals surface area contributed by atoms with Crippen molar-refractivity contribution in [2.45, 2.75) is 19.9 Å². The number of halogens is 1. The molecule has 0 radical (unpaired) electrons. The maximum Gasteiger partial charge on any atom is 0.257 e. The molecule has 1 aliphatic heterocycles. The van der Waals surface area contributed by atoms with E-state index in [9.17, 15) is 4.79 Å². The number of hydrogen-bond acceptors (Lipinski definition) is 5. The monoisotopic (exact) mass is 296 g/mol. The highest BCUT2D eigenvalue weighted by atomic mass is 35.5. The number of piperazine rings is 1. The van der Waals surface area contributed by atoms with Crippen LogP contribution in [0.2, 0.25) is 0 Å². The highest BCUT2D eigenvalue weighted by Crippen LogP contribution is 2.18. The third kappa shape index (κ3) is 2.48. The van der Waals surface area contributed by atoms with Crippen molar-refractivity contribution in [2.75, 3.05) is 19.6 Å². The number of nitrogens with zero attached hydrogens (tertiary/aromatic N) is 3. The largest absolute Gasteiger partial charge is 0.336 e. The van der Waals surface area contributed by atoms with Gasteiger partial charge in [-0.25, -0.2) is 4.98 Å². The number of nitrogens with one attached hydrogen (secondary N) is 1. The first-order valence-corrected chi connectivity index (χ1v) is 6.40. The molecule has 108 valence electrons. The predicted molar refractivity (Wildman–Crippen MR) is 77.2 cm³/mol. The van der Waals surface area contributed by atoms with E-state index in [4.69, 9.17) is 4.52 Å². The molecule has 1 atom stereocenters. The third-order valence-corrected chi connectivity index (χ3v) is 3.52. The van der Waals surface area contributed by atoms with Crippen molar-refractivity contribution in [3.05, 3.63) is 23.5 Å². The Bertz CT molecular complexity index is 628. The Morgan fingerprint density at radius 3 is 3.10 bits per heavy atom. The summed E-state index contributed by atoms with van der Waals surface area (Å²) in [5.74, 6) is 0.0176. The van der Waals surface area contributed by atoms with E-state index in [1.807, 2.05) is 24.8 Å². The molecule has 7 heteroatoms. The van der Waals surface area contributed by atoms with Crippen LogP contribution in [0.3, 0.4) is 0 Å². The van der Waals surface area contributed by atoms with E-state index in [0.29, 0.717) is 11.3 Å². The summed E-state index contributed by atoms with van der Waals surface area (Å²) < 4.78 is 5.05. The van der Waals surface area contributed by atoms with Gasteiger partial charge in [0.1, 0.15) is 0 Å². The molecule has 0 bridgehead atoms. The van der Waals surface area contributed by atoms with Gasteiger partial charge in [0.05, 0.1) is 16.6 Å². The number of fused-ring (bicyclic) bond motifs is 1. The SMILES string of the molecule is Cc1noc2ncc(C(=O)N3CCNC[C@H]3C)cc12.Cl. The minimum atomic E-state index is 0. The molecule has 0 saturated carbocycles. The van der Waals surface area contributed by atoms with Crippen LogP contribution in [-0.2, 0) is 0 Å². The van der Waals surface area contributed by atoms with E-state index in [1.165, 1.54) is 0 Å². The van der Waals surface area contributed by atoms with Crippen LogP contribution in [0.5, 0.6) is 0 Å². The van der Waals surface area contributed by atoms with Crippen molar-refractivity contribution in [1.82, 2.24) is 20.4 Å². The van der Waals surface area contributed by atoms with Gasteiger partial charge < -0.3 is 14.7 Å². The maximum atomic E-state index is 12.5. The van der Waals surface area contributed by atoms with E-state index < -0.39 is 0 Å². The second kappa shape index (κ2) is 5.76. The predicted octanol–water partition coefficient (Wildman–Crippen LogP) is 1.39. The fraction of sp³-hybridized carbons (Fsp3) is 0.462. The lowest BCUT2D eigenvalue weighted by atomic mass is 10.1. The Balaban J connectivity index is 0.00000147. The summed E-state index contributed by atoms with van der Waals surface area (Å²) in [4.78, 5) is 18.5. The Hall–Kier alpha value is -1.66. The number of carbonyl (C=O) groups is 1. The smallest absolute Gasteiger partial charge is 0.257 e. The van der Waals surface area contributed by atoms with E-state index in [2.05, 4.69) is 15.5 Å². The van der Waals surface area contributed by atoms with Crippen LogP contribution in [-0.4, -0.2) is 46.6 Å². The van der Waals surface area contributed by atoms with Gasteiger partial charge in [-0.2, -0.15) is 0 Å². The first kappa shape index (κ1) is 14.7. The molecule has 6 nitrogen and oxygen atoms in total. The zero-order valence-corrected chi connectivity index (χ0v) is 12.2. The van der Waals surface area contributed by atoms with Crippen LogP contribution < -0.4 is 5.32 Å². The van der Waals surface area contributed by atoms with Gasteiger partial charge in [-0.05, 0) is 19.9 Å². The van der Waals surface area contributed by atoms with Gasteiger partial charge in [-0.15, -0.1) is 12.4 Å². The molecule has 3 heterocycles. The number of aromatic nitrogens is 2. The second-order valence-corrected chi connectivity index (χ2v) is 4.90. The molecule has 0 spiro atoms. The molecule has 0 unspecified atom stereocenters. The molecule has 1 aliphatic rings. The normalized spacial score (nSPS) is 18.9. The van der Waals surface area contributed by atoms with Crippen LogP contribution in [0.1, 0.15) is 23.0 Å². The van der Waals surface area contributed by atoms with Crippen LogP contribution >= 0.6 is 12.4 Å². The average Bonchev–Trinajstić information content (AvgIpc) is 2.80. The van der Waals surface area contributed by atoms with E-state index in [1.54, 1.807) is 6.20 Å². The molecule has 1 N–H and O–H groups in total. The lowest BCUT2D eigenvalue weighted by molar-refractivity contribution is 0.0655. The summed E-state index contributed by atoms with van der Waals surface area (Å²) >= 11 is 0. The van der Waals surface area contributed by atoms with E-state index in [-0.39, 0.29) is 24.4 Å². The van der Waals surface area contributed by atoms with Gasteiger partial charge in [0.25, 0.3) is 11.6 Å². The topological polar surface area (TPSA) is 71.3 Å². The standard InChI is InChI=1S/C13H16N4O2.ClH/c1-8-6-14-3-4-17(8)13(18)10-5-11-9(2)16-19-12(11)15-7-10;/h5,7-8,14H,3-4,6H2,1-2H3;1H/t8-;/m1./s1. The molecule has 1 fully saturated rings. The number of pyridine rings is 1. The molecule has 0 aromatic carbocycles. The molecule has 0 aliphatic carbocycles. The van der Waals surface area contributed by atoms with E-state index in [0.717, 1.165) is 30.7 Å². The zero-order valence-electron chi connectivity index (χ0n) is 11.4. The Morgan fingerprint density at radius 1 is 1.55 bits per heavy atom. The summed E-state index contributed by atoms with van der Waals surface area (Å²) in [5, 5.41) is 7.92. The Labute approximate surface area is 122 Å². The van der Waals surface area contributed by atoms with Gasteiger partial charge in [-0.3, -0.25) is 4.79 Å². The first-order valence-electron chi connectivity index (χ1n) is 6.40. The van der Waals surface area contributed by atoms with E-state index >= 15 is 0 Å². The second-order valence-electron chi connectivity index (χ2n) is 4.90. The van der Waals surface area contributed by atoms with Gasteiger partial charge in [0.15, 0.2) is 0 Å². The van der Waals surface area contributed by atoms with Gasteiger partial charge in [0.2, 0.25) is 0 Å². The summed E-state index contributed by atoms with van der Waals surface area (Å²) in [6.07, 6.45) is 1.56. The molecule has 1 amide bonds. The van der Waals surface area contributed by atoms with Crippen molar-refractivity contribution in [1.29, 1.82) is 0 Å². The summed E-state index contributed by atoms with van der Waals surface area (Å²) in [6.45, 7) is 6.27. The fourth-order valence-corrected chi connectivity index (χ4v) is 2.37. The van der Waals surface area contributed by atoms with Crippen LogP contribution in [0.25, 0.3) is 11.1 Å². The third-order valence-electron chi connectivity index (χ3n) is 3.52. The molecular weight excluding hydrogens is 280 g/mol. The van der Waals surface area contributed by atoms with Crippen LogP contribution in [0.15, 0.2) is 16.8 Å². The highest BCUT2D eigenvalue weighted by Gasteiger charge is 2.24. The zero-order chi connectivity index (χ0) is 13.4. The average molecular weight is 297 g/mol. The van der Waals surface area contributed by atoms with Crippen molar-refractivity contribution >= 4 is 29.4 Å². The minimum Gasteiger partial charge on any atom is -0.336 e. The lowest BCUT2D eigenvalue weighted by Crippen LogP contribution is -2.52. The van der Waals surface area contributed by atoms with Crippen molar-refractivity contribution in [3.8, 4) is 0 Å². The van der Waals surface area contributed by atoms with Gasteiger partial charge in [0, 0.05) is 31.9 Å². The molecule has 1 saturated heterocycles. The number of rotatable bonds is 1. The Morgan fingerprint density at radius 2 is 2.35 bits per heavy atom. The Kier molecular flexibility index (Phi) is 4.25. The van der Waals surface area contributed by atoms with Gasteiger partial charge in [-0.1, -0.05) is 5.16 Å². The quantitative estimate of drug-likeness (QED) is 0.861.